The molecule has 0 atom stereocenters. The number of hydrogen-bond donors (Lipinski definition) is 0. The van der Waals surface area contributed by atoms with E-state index >= 15 is 0 Å². The molecule has 1 aromatic carbocycles. The first-order chi connectivity index (χ1) is 8.43. The largest absolute Gasteiger partial charge is 0.287 e. The standard InChI is InChI=1S/C13H9ClF2OS/c1-6-3-4-8(15)9(11(6)16)12(17)13-10(14)7(2)5-18-13/h3-5H,1-2H3. The number of carbonyl (C=O) groups is 1. The lowest BCUT2D eigenvalue weighted by Gasteiger charge is -2.05. The van der Waals surface area contributed by atoms with Gasteiger partial charge in [-0.1, -0.05) is 17.7 Å². The Kier molecular flexibility index (Phi) is 3.50. The van der Waals surface area contributed by atoms with E-state index in [4.69, 9.17) is 11.6 Å². The van der Waals surface area contributed by atoms with Crippen LogP contribution in [0, 0.1) is 25.5 Å². The topological polar surface area (TPSA) is 17.1 Å². The molecular weight excluding hydrogens is 278 g/mol. The van der Waals surface area contributed by atoms with E-state index in [2.05, 4.69) is 0 Å². The predicted octanol–water partition coefficient (Wildman–Crippen LogP) is 4.53. The van der Waals surface area contributed by atoms with Gasteiger partial charge in [0.15, 0.2) is 0 Å². The van der Waals surface area contributed by atoms with E-state index in [1.807, 2.05) is 0 Å². The van der Waals surface area contributed by atoms with E-state index in [9.17, 15) is 13.6 Å². The maximum atomic E-state index is 13.8. The summed E-state index contributed by atoms with van der Waals surface area (Å²) in [5.41, 5.74) is 0.404. The third-order valence-corrected chi connectivity index (χ3v) is 4.31. The summed E-state index contributed by atoms with van der Waals surface area (Å²) in [6.07, 6.45) is 0. The van der Waals surface area contributed by atoms with Gasteiger partial charge in [-0.2, -0.15) is 0 Å². The molecule has 0 fully saturated rings. The molecule has 0 radical (unpaired) electrons. The molecule has 0 saturated carbocycles. The van der Waals surface area contributed by atoms with Crippen LogP contribution in [0.15, 0.2) is 17.5 Å². The van der Waals surface area contributed by atoms with Crippen LogP contribution in [0.3, 0.4) is 0 Å². The zero-order chi connectivity index (χ0) is 13.4. The van der Waals surface area contributed by atoms with E-state index in [0.29, 0.717) is 0 Å². The maximum absolute atomic E-state index is 13.8. The Labute approximate surface area is 112 Å². The van der Waals surface area contributed by atoms with E-state index in [-0.39, 0.29) is 15.5 Å². The van der Waals surface area contributed by atoms with Crippen LogP contribution in [0.4, 0.5) is 8.78 Å². The number of ketones is 1. The van der Waals surface area contributed by atoms with Gasteiger partial charge in [-0.25, -0.2) is 8.78 Å². The summed E-state index contributed by atoms with van der Waals surface area (Å²) in [5, 5.41) is 1.94. The molecule has 0 aliphatic carbocycles. The summed E-state index contributed by atoms with van der Waals surface area (Å²) in [6, 6.07) is 2.38. The maximum Gasteiger partial charge on any atom is 0.210 e. The molecule has 0 N–H and O–H groups in total. The van der Waals surface area contributed by atoms with Crippen LogP contribution >= 0.6 is 22.9 Å². The Balaban J connectivity index is 2.60. The molecule has 5 heteroatoms. The first kappa shape index (κ1) is 13.2. The normalized spacial score (nSPS) is 10.7. The second kappa shape index (κ2) is 4.78. The minimum atomic E-state index is -0.870. The van der Waals surface area contributed by atoms with E-state index in [1.54, 1.807) is 12.3 Å². The predicted molar refractivity (Wildman–Crippen MR) is 68.6 cm³/mol. The average molecular weight is 287 g/mol. The van der Waals surface area contributed by atoms with Gasteiger partial charge < -0.3 is 0 Å². The van der Waals surface area contributed by atoms with E-state index in [0.717, 1.165) is 23.0 Å². The molecule has 1 nitrogen and oxygen atoms in total. The van der Waals surface area contributed by atoms with Crippen LogP contribution in [0.25, 0.3) is 0 Å². The van der Waals surface area contributed by atoms with Crippen LogP contribution in [0.1, 0.15) is 26.4 Å². The van der Waals surface area contributed by atoms with Crippen LogP contribution in [-0.4, -0.2) is 5.78 Å². The molecule has 0 spiro atoms. The van der Waals surface area contributed by atoms with Gasteiger partial charge >= 0.3 is 0 Å². The first-order valence-corrected chi connectivity index (χ1v) is 6.42. The lowest BCUT2D eigenvalue weighted by molar-refractivity contribution is 0.103. The Hall–Kier alpha value is -1.26. The lowest BCUT2D eigenvalue weighted by Crippen LogP contribution is -2.07. The minimum absolute atomic E-state index is 0.164. The number of carbonyl (C=O) groups excluding carboxylic acids is 1. The van der Waals surface area contributed by atoms with Crippen molar-refractivity contribution in [1.29, 1.82) is 0 Å². The van der Waals surface area contributed by atoms with Crippen LogP contribution in [0.2, 0.25) is 5.02 Å². The van der Waals surface area contributed by atoms with Gasteiger partial charge in [0, 0.05) is 0 Å². The van der Waals surface area contributed by atoms with Crippen molar-refractivity contribution in [2.45, 2.75) is 13.8 Å². The molecule has 1 heterocycles. The highest BCUT2D eigenvalue weighted by atomic mass is 35.5. The molecule has 2 rings (SSSR count). The van der Waals surface area contributed by atoms with Gasteiger partial charge in [-0.15, -0.1) is 11.3 Å². The Morgan fingerprint density at radius 1 is 1.22 bits per heavy atom. The first-order valence-electron chi connectivity index (χ1n) is 5.16. The minimum Gasteiger partial charge on any atom is -0.287 e. The molecular formula is C13H9ClF2OS. The van der Waals surface area contributed by atoms with Crippen molar-refractivity contribution in [1.82, 2.24) is 0 Å². The van der Waals surface area contributed by atoms with Crippen molar-refractivity contribution >= 4 is 28.7 Å². The zero-order valence-electron chi connectivity index (χ0n) is 9.68. The summed E-state index contributed by atoms with van der Waals surface area (Å²) < 4.78 is 27.4. The summed E-state index contributed by atoms with van der Waals surface area (Å²) in [5.74, 6) is -2.41. The van der Waals surface area contributed by atoms with Gasteiger partial charge in [0.2, 0.25) is 5.78 Å². The summed E-state index contributed by atoms with van der Waals surface area (Å²) >= 11 is 7.03. The number of thiophene rings is 1. The third-order valence-electron chi connectivity index (χ3n) is 2.62. The van der Waals surface area contributed by atoms with Crippen molar-refractivity contribution in [2.75, 3.05) is 0 Å². The average Bonchev–Trinajstić information content (AvgIpc) is 2.65. The van der Waals surface area contributed by atoms with Gasteiger partial charge in [0.25, 0.3) is 0 Å². The molecule has 0 bridgehead atoms. The van der Waals surface area contributed by atoms with Gasteiger partial charge in [0.05, 0.1) is 15.5 Å². The number of rotatable bonds is 2. The fourth-order valence-electron chi connectivity index (χ4n) is 1.56. The molecule has 94 valence electrons. The number of benzene rings is 1. The van der Waals surface area contributed by atoms with Crippen molar-refractivity contribution in [3.63, 3.8) is 0 Å². The zero-order valence-corrected chi connectivity index (χ0v) is 11.3. The van der Waals surface area contributed by atoms with Gasteiger partial charge in [-0.3, -0.25) is 4.79 Å². The molecule has 1 aromatic heterocycles. The molecule has 0 unspecified atom stereocenters. The SMILES string of the molecule is Cc1ccc(F)c(C(=O)c2scc(C)c2Cl)c1F. The van der Waals surface area contributed by atoms with Crippen LogP contribution in [0.5, 0.6) is 0 Å². The highest BCUT2D eigenvalue weighted by Crippen LogP contribution is 2.31. The fourth-order valence-corrected chi connectivity index (χ4v) is 2.79. The Morgan fingerprint density at radius 3 is 2.44 bits per heavy atom. The van der Waals surface area contributed by atoms with E-state index < -0.39 is 23.0 Å². The molecule has 18 heavy (non-hydrogen) atoms. The van der Waals surface area contributed by atoms with Crippen molar-refractivity contribution in [3.8, 4) is 0 Å². The second-order valence-electron chi connectivity index (χ2n) is 3.94. The quantitative estimate of drug-likeness (QED) is 0.742. The number of halogens is 3. The summed E-state index contributed by atoms with van der Waals surface area (Å²) in [7, 11) is 0. The highest BCUT2D eigenvalue weighted by Gasteiger charge is 2.24. The fraction of sp³-hybridized carbons (Fsp3) is 0.154. The molecule has 0 saturated heterocycles. The van der Waals surface area contributed by atoms with Crippen molar-refractivity contribution in [2.24, 2.45) is 0 Å². The summed E-state index contributed by atoms with van der Waals surface area (Å²) in [6.45, 7) is 3.21. The lowest BCUT2D eigenvalue weighted by atomic mass is 10.0. The van der Waals surface area contributed by atoms with Crippen molar-refractivity contribution in [3.05, 3.63) is 55.7 Å². The molecule has 0 aliphatic rings. The second-order valence-corrected chi connectivity index (χ2v) is 5.20. The van der Waals surface area contributed by atoms with Crippen molar-refractivity contribution < 1.29 is 13.6 Å². The molecule has 0 aliphatic heterocycles. The van der Waals surface area contributed by atoms with Crippen LogP contribution < -0.4 is 0 Å². The van der Waals surface area contributed by atoms with Gasteiger partial charge in [0.1, 0.15) is 11.6 Å². The summed E-state index contributed by atoms with van der Waals surface area (Å²) in [4.78, 5) is 12.3. The number of hydrogen-bond acceptors (Lipinski definition) is 2. The van der Waals surface area contributed by atoms with Crippen LogP contribution in [-0.2, 0) is 0 Å². The smallest absolute Gasteiger partial charge is 0.210 e. The number of aryl methyl sites for hydroxylation is 2. The Bertz CT molecular complexity index is 634. The third kappa shape index (κ3) is 2.06. The molecule has 0 amide bonds. The molecule has 2 aromatic rings. The van der Waals surface area contributed by atoms with E-state index in [1.165, 1.54) is 13.0 Å². The van der Waals surface area contributed by atoms with Gasteiger partial charge in [-0.05, 0) is 36.4 Å². The highest BCUT2D eigenvalue weighted by molar-refractivity contribution is 7.13. The Morgan fingerprint density at radius 2 is 1.89 bits per heavy atom. The monoisotopic (exact) mass is 286 g/mol.